The van der Waals surface area contributed by atoms with E-state index in [9.17, 15) is 18.0 Å². The van der Waals surface area contributed by atoms with Gasteiger partial charge in [-0.2, -0.15) is 13.2 Å². The first kappa shape index (κ1) is 30.6. The molecular weight excluding hydrogens is 548 g/mol. The molecule has 1 amide bonds. The summed E-state index contributed by atoms with van der Waals surface area (Å²) in [4.78, 5) is 14.1. The van der Waals surface area contributed by atoms with Gasteiger partial charge in [0.15, 0.2) is 0 Å². The average molecular weight is 587 g/mol. The summed E-state index contributed by atoms with van der Waals surface area (Å²) >= 11 is 0. The zero-order valence-corrected chi connectivity index (χ0v) is 25.1. The van der Waals surface area contributed by atoms with E-state index < -0.39 is 18.3 Å². The number of carbonyl (C=O) groups is 1. The Morgan fingerprint density at radius 3 is 2.37 bits per heavy atom. The minimum Gasteiger partial charge on any atom is -0.444 e. The van der Waals surface area contributed by atoms with E-state index in [-0.39, 0.29) is 20.1 Å². The highest BCUT2D eigenvalue weighted by molar-refractivity contribution is 7.64. The molecule has 0 radical (unpaired) electrons. The number of fused-ring (bicyclic) bond motifs is 1. The summed E-state index contributed by atoms with van der Waals surface area (Å²) in [5, 5.41) is 8.72. The van der Waals surface area contributed by atoms with Crippen LogP contribution < -0.4 is 15.9 Å². The highest BCUT2D eigenvalue weighted by atomic mass is 31.1. The van der Waals surface area contributed by atoms with Crippen molar-refractivity contribution >= 4 is 41.6 Å². The summed E-state index contributed by atoms with van der Waals surface area (Å²) in [5.41, 5.74) is 1.90. The lowest BCUT2D eigenvalue weighted by atomic mass is 10.0. The zero-order chi connectivity index (χ0) is 29.8. The van der Waals surface area contributed by atoms with Gasteiger partial charge in [-0.15, -0.1) is 0 Å². The fraction of sp³-hybridized carbons (Fsp3) is 0.452. The SMILES string of the molecule is CP(C)c1ccc(NCC#Cc2cc3c(NC4CCN(C(=O)OC(C)(C)C)CC4)cccc3n2CC(F)(F)F)cc1. The number of aromatic nitrogens is 1. The Bertz CT molecular complexity index is 1410. The molecule has 1 aromatic heterocycles. The van der Waals surface area contributed by atoms with Gasteiger partial charge in [0.05, 0.1) is 17.8 Å². The van der Waals surface area contributed by atoms with Crippen molar-refractivity contribution in [1.29, 1.82) is 0 Å². The summed E-state index contributed by atoms with van der Waals surface area (Å²) in [6, 6.07) is 15.3. The fourth-order valence-corrected chi connectivity index (χ4v) is 5.52. The van der Waals surface area contributed by atoms with Gasteiger partial charge in [0, 0.05) is 35.9 Å². The molecule has 3 aromatic rings. The van der Waals surface area contributed by atoms with Gasteiger partial charge >= 0.3 is 12.3 Å². The molecule has 2 N–H and O–H groups in total. The van der Waals surface area contributed by atoms with Crippen molar-refractivity contribution in [2.45, 2.75) is 58.0 Å². The van der Waals surface area contributed by atoms with E-state index in [4.69, 9.17) is 4.74 Å². The average Bonchev–Trinajstić information content (AvgIpc) is 3.23. The highest BCUT2D eigenvalue weighted by Crippen LogP contribution is 2.31. The second kappa shape index (κ2) is 12.7. The quantitative estimate of drug-likeness (QED) is 0.245. The number of benzene rings is 2. The lowest BCUT2D eigenvalue weighted by molar-refractivity contribution is -0.140. The number of anilines is 2. The number of halogens is 3. The molecule has 4 rings (SSSR count). The van der Waals surface area contributed by atoms with E-state index in [0.717, 1.165) is 11.4 Å². The Morgan fingerprint density at radius 2 is 1.76 bits per heavy atom. The van der Waals surface area contributed by atoms with Crippen LogP contribution in [0.1, 0.15) is 39.3 Å². The monoisotopic (exact) mass is 586 g/mol. The maximum absolute atomic E-state index is 13.6. The van der Waals surface area contributed by atoms with Crippen LogP contribution in [0.2, 0.25) is 0 Å². The zero-order valence-electron chi connectivity index (χ0n) is 24.2. The number of rotatable bonds is 6. The summed E-state index contributed by atoms with van der Waals surface area (Å²) in [5.74, 6) is 5.95. The normalized spacial score (nSPS) is 14.6. The maximum Gasteiger partial charge on any atom is 0.410 e. The number of hydrogen-bond acceptors (Lipinski definition) is 4. The van der Waals surface area contributed by atoms with Crippen molar-refractivity contribution < 1.29 is 22.7 Å². The van der Waals surface area contributed by atoms with E-state index in [1.54, 1.807) is 23.1 Å². The van der Waals surface area contributed by atoms with Crippen molar-refractivity contribution in [3.05, 3.63) is 54.2 Å². The first-order valence-corrected chi connectivity index (χ1v) is 16.0. The minimum atomic E-state index is -4.39. The molecule has 0 aliphatic carbocycles. The van der Waals surface area contributed by atoms with Gasteiger partial charge < -0.3 is 24.8 Å². The smallest absolute Gasteiger partial charge is 0.410 e. The number of amides is 1. The van der Waals surface area contributed by atoms with Gasteiger partial charge in [-0.05, 0) is 88.5 Å². The van der Waals surface area contributed by atoms with E-state index in [2.05, 4.69) is 47.9 Å². The minimum absolute atomic E-state index is 0.0762. The molecule has 0 unspecified atom stereocenters. The van der Waals surface area contributed by atoms with Gasteiger partial charge in [-0.3, -0.25) is 0 Å². The largest absolute Gasteiger partial charge is 0.444 e. The van der Waals surface area contributed by atoms with E-state index in [1.807, 2.05) is 39.0 Å². The van der Waals surface area contributed by atoms with Crippen LogP contribution in [0.4, 0.5) is 29.3 Å². The van der Waals surface area contributed by atoms with Crippen LogP contribution in [0.15, 0.2) is 48.5 Å². The van der Waals surface area contributed by atoms with Gasteiger partial charge in [-0.25, -0.2) is 4.79 Å². The number of nitrogens with one attached hydrogen (secondary N) is 2. The molecule has 10 heteroatoms. The fourth-order valence-electron chi connectivity index (χ4n) is 4.77. The molecule has 0 bridgehead atoms. The van der Waals surface area contributed by atoms with E-state index >= 15 is 0 Å². The third-order valence-electron chi connectivity index (χ3n) is 6.77. The third-order valence-corrected chi connectivity index (χ3v) is 8.10. The molecule has 1 saturated heterocycles. The molecular formula is C31H38F3N4O2P. The van der Waals surface area contributed by atoms with Crippen LogP contribution in [0.5, 0.6) is 0 Å². The third kappa shape index (κ3) is 8.56. The lowest BCUT2D eigenvalue weighted by Crippen LogP contribution is -2.44. The summed E-state index contributed by atoms with van der Waals surface area (Å²) in [6.45, 7) is 10.2. The number of carbonyl (C=O) groups excluding carboxylic acids is 1. The number of alkyl halides is 3. The standard InChI is InChI=1S/C31H38F3N4O2P/c1-30(2,3)40-29(39)37-18-15-23(16-19-37)36-27-9-6-10-28-26(27)20-24(38(28)21-31(32,33)34)8-7-17-35-22-11-13-25(14-12-22)41(4)5/h6,9-14,20,23,35-36H,15-19,21H2,1-5H3. The first-order chi connectivity index (χ1) is 19.3. The lowest BCUT2D eigenvalue weighted by Gasteiger charge is -2.34. The Labute approximate surface area is 241 Å². The Morgan fingerprint density at radius 1 is 1.07 bits per heavy atom. The Kier molecular flexibility index (Phi) is 9.44. The van der Waals surface area contributed by atoms with Crippen molar-refractivity contribution in [3.8, 4) is 11.8 Å². The number of nitrogens with zero attached hydrogens (tertiary/aromatic N) is 2. The molecule has 220 valence electrons. The van der Waals surface area contributed by atoms with Crippen molar-refractivity contribution in [2.75, 3.05) is 43.6 Å². The van der Waals surface area contributed by atoms with Crippen LogP contribution >= 0.6 is 7.92 Å². The Hall–Kier alpha value is -3.37. The molecule has 2 aromatic carbocycles. The predicted molar refractivity (Wildman–Crippen MR) is 163 cm³/mol. The first-order valence-electron chi connectivity index (χ1n) is 13.7. The number of likely N-dealkylation sites (tertiary alicyclic amines) is 1. The molecule has 2 heterocycles. The summed E-state index contributed by atoms with van der Waals surface area (Å²) in [6.07, 6.45) is -3.31. The van der Waals surface area contributed by atoms with Gasteiger partial charge in [0.2, 0.25) is 0 Å². The molecule has 0 saturated carbocycles. The molecule has 41 heavy (non-hydrogen) atoms. The second-order valence-electron chi connectivity index (χ2n) is 11.5. The molecule has 0 atom stereocenters. The van der Waals surface area contributed by atoms with Crippen molar-refractivity contribution in [2.24, 2.45) is 0 Å². The molecule has 6 nitrogen and oxygen atoms in total. The predicted octanol–water partition coefficient (Wildman–Crippen LogP) is 6.85. The van der Waals surface area contributed by atoms with Gasteiger partial charge in [-0.1, -0.05) is 32.0 Å². The summed E-state index contributed by atoms with van der Waals surface area (Å²) in [7, 11) is -0.175. The van der Waals surface area contributed by atoms with Crippen LogP contribution in [0, 0.1) is 11.8 Å². The van der Waals surface area contributed by atoms with Crippen molar-refractivity contribution in [1.82, 2.24) is 9.47 Å². The molecule has 0 spiro atoms. The second-order valence-corrected chi connectivity index (χ2v) is 13.8. The molecule has 1 aliphatic rings. The Balaban J connectivity index is 1.49. The van der Waals surface area contributed by atoms with Crippen LogP contribution in [-0.2, 0) is 11.3 Å². The van der Waals surface area contributed by atoms with Crippen LogP contribution in [-0.4, -0.2) is 66.3 Å². The van der Waals surface area contributed by atoms with Crippen LogP contribution in [0.3, 0.4) is 0 Å². The van der Waals surface area contributed by atoms with Crippen molar-refractivity contribution in [3.63, 3.8) is 0 Å². The maximum atomic E-state index is 13.6. The topological polar surface area (TPSA) is 58.5 Å². The van der Waals surface area contributed by atoms with Gasteiger partial charge in [0.1, 0.15) is 12.1 Å². The van der Waals surface area contributed by atoms with E-state index in [0.29, 0.717) is 49.1 Å². The number of hydrogen-bond donors (Lipinski definition) is 2. The molecule has 1 fully saturated rings. The van der Waals surface area contributed by atoms with E-state index in [1.165, 1.54) is 9.87 Å². The number of ether oxygens (including phenoxy) is 1. The highest BCUT2D eigenvalue weighted by Gasteiger charge is 2.30. The summed E-state index contributed by atoms with van der Waals surface area (Å²) < 4.78 is 47.4. The van der Waals surface area contributed by atoms with Crippen LogP contribution in [0.25, 0.3) is 10.9 Å². The molecule has 1 aliphatic heterocycles. The van der Waals surface area contributed by atoms with Gasteiger partial charge in [0.25, 0.3) is 0 Å². The number of piperidine rings is 1.